The lowest BCUT2D eigenvalue weighted by Crippen LogP contribution is -1.25. The Kier molecular flexibility index (Phi) is 1050. The van der Waals surface area contributed by atoms with Crippen LogP contribution in [0.2, 0.25) is 0 Å². The highest BCUT2D eigenvalue weighted by Gasteiger charge is 1.18. The topological polar surface area (TPSA) is 102 Å². The summed E-state index contributed by atoms with van der Waals surface area (Å²) >= 11 is 2.83. The van der Waals surface area contributed by atoms with E-state index in [9.17, 15) is 0 Å². The maximum absolute atomic E-state index is 8.11. The lowest BCUT2D eigenvalue weighted by molar-refractivity contribution is 0.312. The molecule has 0 aromatic rings. The van der Waals surface area contributed by atoms with Crippen LogP contribution in [0, 0.1) is 4.91 Å². The molecule has 5 nitrogen and oxygen atoms in total. The van der Waals surface area contributed by atoms with Gasteiger partial charge in [0.25, 0.3) is 0 Å². The van der Waals surface area contributed by atoms with Gasteiger partial charge < -0.3 is 11.4 Å². The van der Waals surface area contributed by atoms with Crippen LogP contribution in [0.5, 0.6) is 0 Å². The summed E-state index contributed by atoms with van der Waals surface area (Å²) in [5, 5.41) is 7.89. The van der Waals surface area contributed by atoms with E-state index in [2.05, 4.69) is 12.5 Å². The van der Waals surface area contributed by atoms with Crippen LogP contribution >= 0.6 is 0 Å². The molecule has 0 atom stereocenters. The zero-order chi connectivity index (χ0) is 4.71. The van der Waals surface area contributed by atoms with Gasteiger partial charge in [0, 0.05) is 0 Å². The molecule has 0 aliphatic carbocycles. The zero-order valence-electron chi connectivity index (χ0n) is 2.83. The van der Waals surface area contributed by atoms with Gasteiger partial charge in [0.1, 0.15) is 0 Å². The second kappa shape index (κ2) is 347. The summed E-state index contributed by atoms with van der Waals surface area (Å²) in [6, 6.07) is 0. The molecular weight excluding hydrogens is 108 g/mol. The van der Waals surface area contributed by atoms with E-state index < -0.39 is 0 Å². The molecule has 0 unspecified atom stereocenters. The van der Waals surface area contributed by atoms with Crippen molar-refractivity contribution in [2.24, 2.45) is 5.34 Å². The highest BCUT2D eigenvalue weighted by molar-refractivity contribution is 7.44. The van der Waals surface area contributed by atoms with Gasteiger partial charge in [-0.1, -0.05) is 0 Å². The van der Waals surface area contributed by atoms with Gasteiger partial charge in [-0.05, 0) is 0 Å². The molecule has 0 saturated heterocycles. The smallest absolute Gasteiger partial charge is 0.197 e. The average Bonchev–Trinajstić information content (AvgIpc) is 1.46. The number of rotatable bonds is 0. The number of hydrogen-bond donors (Lipinski definition) is 2. The largest absolute Gasteiger partial charge is 0.379 e. The minimum absolute atomic E-state index is 0. The van der Waals surface area contributed by atoms with Crippen molar-refractivity contribution in [3.63, 3.8) is 0 Å². The molecule has 6 heavy (non-hydrogen) atoms. The first-order chi connectivity index (χ1) is 2.41. The van der Waals surface area contributed by atoms with E-state index in [0.29, 0.717) is 0 Å². The monoisotopic (exact) mass is 112 g/mol. The van der Waals surface area contributed by atoms with Crippen LogP contribution in [-0.4, -0.2) is 9.42 Å². The predicted octanol–water partition coefficient (Wildman–Crippen LogP) is -0.0323. The van der Waals surface area contributed by atoms with Gasteiger partial charge in [-0.15, -0.1) is 4.91 Å². The van der Waals surface area contributed by atoms with Crippen LogP contribution in [0.25, 0.3) is 0 Å². The van der Waals surface area contributed by atoms with E-state index in [1.165, 1.54) is 5.34 Å². The molecule has 0 spiro atoms. The molecular formula is H4N2O3S. The Hall–Kier alpha value is -0.620. The fourth-order valence-electron chi connectivity index (χ4n) is 0. The Balaban J connectivity index is -0.0000000275. The van der Waals surface area contributed by atoms with Crippen molar-refractivity contribution in [2.75, 3.05) is 0 Å². The summed E-state index contributed by atoms with van der Waals surface area (Å²) < 4.78 is 7.83. The van der Waals surface area contributed by atoms with E-state index >= 15 is 0 Å². The predicted molar refractivity (Wildman–Crippen MR) is 20.7 cm³/mol. The lowest BCUT2D eigenvalue weighted by Gasteiger charge is -1.32. The van der Waals surface area contributed by atoms with Gasteiger partial charge in [-0.2, -0.15) is 4.21 Å². The highest BCUT2D eigenvalue weighted by Crippen LogP contribution is 1.25. The molecule has 0 heterocycles. The molecule has 0 fully saturated rings. The van der Waals surface area contributed by atoms with Crippen molar-refractivity contribution >= 4 is 12.5 Å². The summed E-state index contributed by atoms with van der Waals surface area (Å²) in [5.41, 5.74) is 0. The van der Waals surface area contributed by atoms with Crippen molar-refractivity contribution in [3.8, 4) is 0 Å². The van der Waals surface area contributed by atoms with Gasteiger partial charge in [-0.3, -0.25) is 0 Å². The maximum Gasteiger partial charge on any atom is 0.197 e. The molecule has 0 bridgehead atoms. The Morgan fingerprint density at radius 2 is 1.50 bits per heavy atom. The summed E-state index contributed by atoms with van der Waals surface area (Å²) in [5.74, 6) is 0. The van der Waals surface area contributed by atoms with Crippen molar-refractivity contribution < 1.29 is 9.42 Å². The highest BCUT2D eigenvalue weighted by atomic mass is 32.1. The molecule has 0 rings (SSSR count). The van der Waals surface area contributed by atoms with E-state index in [-0.39, 0.29) is 6.15 Å². The van der Waals surface area contributed by atoms with E-state index in [0.717, 1.165) is 0 Å². The van der Waals surface area contributed by atoms with Crippen LogP contribution in [-0.2, 0) is 12.5 Å². The lowest BCUT2D eigenvalue weighted by atomic mass is 13.4. The average molecular weight is 112 g/mol. The molecule has 0 aromatic carbocycles. The molecule has 0 amide bonds. The quantitative estimate of drug-likeness (QED) is 0.338. The van der Waals surface area contributed by atoms with Crippen LogP contribution in [0.3, 0.4) is 0 Å². The summed E-state index contributed by atoms with van der Waals surface area (Å²) in [4.78, 5) is 8.11. The van der Waals surface area contributed by atoms with Crippen LogP contribution in [0.4, 0.5) is 0 Å². The first kappa shape index (κ1) is 18.2. The van der Waals surface area contributed by atoms with Crippen LogP contribution in [0.15, 0.2) is 5.34 Å². The van der Waals surface area contributed by atoms with Crippen LogP contribution in [0.1, 0.15) is 0 Å². The Bertz CT molecular complexity index is 22.8. The summed E-state index contributed by atoms with van der Waals surface area (Å²) in [6.07, 6.45) is 0. The minimum atomic E-state index is 0. The first-order valence-corrected chi connectivity index (χ1v) is 0.883. The number of hydrogen-bond acceptors (Lipinski definition) is 5. The number of nitrogens with zero attached hydrogens (tertiary/aromatic N) is 1. The summed E-state index contributed by atoms with van der Waals surface area (Å²) in [6.45, 7) is 0. The molecule has 0 radical (unpaired) electrons. The Labute approximate surface area is 39.4 Å². The minimum Gasteiger partial charge on any atom is -0.379 e. The van der Waals surface area contributed by atoms with Crippen molar-refractivity contribution in [1.82, 2.24) is 6.15 Å². The maximum atomic E-state index is 8.11. The molecule has 4 N–H and O–H groups in total. The second-order valence-electron chi connectivity index (χ2n) is 0.0816. The molecule has 6 heteroatoms. The third kappa shape index (κ3) is 49.8. The Morgan fingerprint density at radius 3 is 1.50 bits per heavy atom. The second-order valence-corrected chi connectivity index (χ2v) is 0.0816. The van der Waals surface area contributed by atoms with Crippen molar-refractivity contribution in [3.05, 3.63) is 4.91 Å². The normalized spacial score (nSPS) is 2.67. The van der Waals surface area contributed by atoms with Gasteiger partial charge in [0.05, 0.1) is 0 Å². The van der Waals surface area contributed by atoms with E-state index in [1.54, 1.807) is 0 Å². The van der Waals surface area contributed by atoms with Gasteiger partial charge >= 0.3 is 0 Å². The third-order valence-corrected chi connectivity index (χ3v) is 0. The molecule has 0 aromatic heterocycles. The SMILES string of the molecule is N.O=NO.O=S. The fraction of sp³-hybridized carbons (Fsp3) is 0. The van der Waals surface area contributed by atoms with Gasteiger partial charge in [-0.25, -0.2) is 0 Å². The van der Waals surface area contributed by atoms with Crippen LogP contribution < -0.4 is 6.15 Å². The standard InChI is InChI=1S/HNO2.H3N.OS/c2-1-3;;1-2/h(H,2,3);1H3;. The third-order valence-electron chi connectivity index (χ3n) is 0. The molecule has 0 aliphatic heterocycles. The van der Waals surface area contributed by atoms with E-state index in [1.807, 2.05) is 0 Å². The van der Waals surface area contributed by atoms with Gasteiger partial charge in [0.15, 0.2) is 17.9 Å². The summed E-state index contributed by atoms with van der Waals surface area (Å²) in [7, 11) is 0. The van der Waals surface area contributed by atoms with Crippen molar-refractivity contribution in [2.45, 2.75) is 0 Å². The van der Waals surface area contributed by atoms with E-state index in [4.69, 9.17) is 14.3 Å². The molecule has 38 valence electrons. The fourth-order valence-corrected chi connectivity index (χ4v) is 0. The first-order valence-electron chi connectivity index (χ1n) is 0.549. The Morgan fingerprint density at radius 1 is 1.50 bits per heavy atom. The zero-order valence-corrected chi connectivity index (χ0v) is 3.64. The van der Waals surface area contributed by atoms with Crippen molar-refractivity contribution in [1.29, 1.82) is 0 Å². The molecule has 0 saturated carbocycles. The van der Waals surface area contributed by atoms with Gasteiger partial charge in [0.2, 0.25) is 0 Å². The molecule has 0 aliphatic rings.